The van der Waals surface area contributed by atoms with E-state index < -0.39 is 23.9 Å². The average molecular weight is 404 g/mol. The molecule has 11 nitrogen and oxygen atoms in total. The molecule has 0 amide bonds. The zero-order valence-corrected chi connectivity index (χ0v) is 16.3. The second-order valence-electron chi connectivity index (χ2n) is 6.53. The first-order valence-corrected chi connectivity index (χ1v) is 8.70. The highest BCUT2D eigenvalue weighted by Gasteiger charge is 2.16. The molecule has 2 aromatic heterocycles. The monoisotopic (exact) mass is 404 g/mol. The van der Waals surface area contributed by atoms with Gasteiger partial charge in [0, 0.05) is 6.07 Å². The first-order chi connectivity index (χ1) is 13.8. The van der Waals surface area contributed by atoms with Crippen LogP contribution in [-0.4, -0.2) is 47.0 Å². The van der Waals surface area contributed by atoms with Crippen LogP contribution < -0.4 is 20.5 Å². The molecule has 0 saturated heterocycles. The molecule has 0 aliphatic rings. The number of rotatable bonds is 6. The van der Waals surface area contributed by atoms with Crippen LogP contribution in [0, 0.1) is 5.92 Å². The minimum absolute atomic E-state index is 0.151. The summed E-state index contributed by atoms with van der Waals surface area (Å²) in [5.41, 5.74) is -1.29. The summed E-state index contributed by atoms with van der Waals surface area (Å²) >= 11 is 0. The number of ether oxygens (including phenoxy) is 4. The lowest BCUT2D eigenvalue weighted by Crippen LogP contribution is -2.15. The van der Waals surface area contributed by atoms with Crippen molar-refractivity contribution < 1.29 is 23.7 Å². The third-order valence-corrected chi connectivity index (χ3v) is 3.93. The first-order valence-electron chi connectivity index (χ1n) is 8.70. The molecule has 3 rings (SSSR count). The molecule has 0 bridgehead atoms. The SMILES string of the molecule is COc1cc2[nH]c(=O)c3nn(COC(=O)OCC(C)C)nc3c(=O)c2cc1OC. The van der Waals surface area contributed by atoms with Crippen molar-refractivity contribution in [2.24, 2.45) is 5.92 Å². The Kier molecular flexibility index (Phi) is 5.66. The summed E-state index contributed by atoms with van der Waals surface area (Å²) in [5, 5.41) is 8.12. The maximum Gasteiger partial charge on any atom is 0.510 e. The van der Waals surface area contributed by atoms with E-state index >= 15 is 0 Å². The van der Waals surface area contributed by atoms with Crippen molar-refractivity contribution in [3.63, 3.8) is 0 Å². The number of carbonyl (C=O) groups excluding carboxylic acids is 1. The molecule has 1 N–H and O–H groups in total. The molecule has 11 heteroatoms. The highest BCUT2D eigenvalue weighted by molar-refractivity contribution is 5.88. The van der Waals surface area contributed by atoms with Gasteiger partial charge < -0.3 is 23.9 Å². The van der Waals surface area contributed by atoms with Gasteiger partial charge in [-0.15, -0.1) is 15.0 Å². The fourth-order valence-corrected chi connectivity index (χ4v) is 2.58. The summed E-state index contributed by atoms with van der Waals surface area (Å²) in [4.78, 5) is 40.5. The maximum absolute atomic E-state index is 12.9. The number of aromatic nitrogens is 4. The molecule has 0 fully saturated rings. The Balaban J connectivity index is 2.02. The number of hydrogen-bond donors (Lipinski definition) is 1. The predicted octanol–water partition coefficient (Wildman–Crippen LogP) is 1.42. The Morgan fingerprint density at radius 1 is 1.07 bits per heavy atom. The van der Waals surface area contributed by atoms with Gasteiger partial charge >= 0.3 is 6.16 Å². The van der Waals surface area contributed by atoms with E-state index in [0.717, 1.165) is 4.80 Å². The minimum Gasteiger partial charge on any atom is -0.493 e. The Bertz CT molecular complexity index is 1180. The predicted molar refractivity (Wildman–Crippen MR) is 102 cm³/mol. The molecule has 0 spiro atoms. The van der Waals surface area contributed by atoms with E-state index in [1.165, 1.54) is 26.4 Å². The average Bonchev–Trinajstić information content (AvgIpc) is 3.10. The van der Waals surface area contributed by atoms with Crippen LogP contribution in [0.25, 0.3) is 21.9 Å². The molecule has 3 aromatic rings. The number of benzene rings is 1. The number of nitrogens with zero attached hydrogens (tertiary/aromatic N) is 3. The van der Waals surface area contributed by atoms with Gasteiger partial charge in [-0.05, 0) is 12.0 Å². The lowest BCUT2D eigenvalue weighted by molar-refractivity contribution is 0.0208. The minimum atomic E-state index is -0.899. The van der Waals surface area contributed by atoms with Crippen molar-refractivity contribution >= 4 is 28.1 Å². The van der Waals surface area contributed by atoms with Crippen molar-refractivity contribution in [2.45, 2.75) is 20.6 Å². The smallest absolute Gasteiger partial charge is 0.493 e. The van der Waals surface area contributed by atoms with Crippen molar-refractivity contribution in [3.05, 3.63) is 32.7 Å². The van der Waals surface area contributed by atoms with Gasteiger partial charge in [-0.25, -0.2) is 4.79 Å². The molecule has 0 saturated carbocycles. The van der Waals surface area contributed by atoms with Gasteiger partial charge in [-0.1, -0.05) is 13.8 Å². The summed E-state index contributed by atoms with van der Waals surface area (Å²) in [6.45, 7) is 3.55. The maximum atomic E-state index is 12.9. The van der Waals surface area contributed by atoms with E-state index in [-0.39, 0.29) is 34.5 Å². The molecule has 29 heavy (non-hydrogen) atoms. The second-order valence-corrected chi connectivity index (χ2v) is 6.53. The van der Waals surface area contributed by atoms with Crippen LogP contribution in [0.4, 0.5) is 4.79 Å². The number of methoxy groups -OCH3 is 2. The fourth-order valence-electron chi connectivity index (χ4n) is 2.58. The molecule has 1 aromatic carbocycles. The van der Waals surface area contributed by atoms with Crippen LogP contribution in [0.5, 0.6) is 11.5 Å². The van der Waals surface area contributed by atoms with Gasteiger partial charge in [0.25, 0.3) is 5.56 Å². The van der Waals surface area contributed by atoms with Crippen LogP contribution in [0.1, 0.15) is 13.8 Å². The van der Waals surface area contributed by atoms with Gasteiger partial charge in [0.05, 0.1) is 31.7 Å². The summed E-state index contributed by atoms with van der Waals surface area (Å²) < 4.78 is 20.2. The molecular formula is C18H20N4O7. The zero-order chi connectivity index (χ0) is 21.1. The second kappa shape index (κ2) is 8.17. The largest absolute Gasteiger partial charge is 0.510 e. The van der Waals surface area contributed by atoms with Gasteiger partial charge in [-0.2, -0.15) is 0 Å². The third-order valence-electron chi connectivity index (χ3n) is 3.93. The van der Waals surface area contributed by atoms with E-state index in [2.05, 4.69) is 15.2 Å². The Morgan fingerprint density at radius 3 is 2.38 bits per heavy atom. The zero-order valence-electron chi connectivity index (χ0n) is 16.3. The van der Waals surface area contributed by atoms with E-state index in [1.807, 2.05) is 13.8 Å². The summed E-state index contributed by atoms with van der Waals surface area (Å²) in [5.74, 6) is 0.824. The number of hydrogen-bond acceptors (Lipinski definition) is 9. The van der Waals surface area contributed by atoms with E-state index in [9.17, 15) is 14.4 Å². The molecule has 0 atom stereocenters. The number of aromatic amines is 1. The number of carbonyl (C=O) groups is 1. The van der Waals surface area contributed by atoms with Crippen LogP contribution in [0.3, 0.4) is 0 Å². The van der Waals surface area contributed by atoms with Gasteiger partial charge in [0.1, 0.15) is 0 Å². The summed E-state index contributed by atoms with van der Waals surface area (Å²) in [6, 6.07) is 2.93. The quantitative estimate of drug-likeness (QED) is 0.605. The number of H-pyrrole nitrogens is 1. The Labute approximate surface area is 164 Å². The van der Waals surface area contributed by atoms with E-state index in [0.29, 0.717) is 11.5 Å². The Morgan fingerprint density at radius 2 is 1.72 bits per heavy atom. The van der Waals surface area contributed by atoms with E-state index in [4.69, 9.17) is 18.9 Å². The molecule has 0 unspecified atom stereocenters. The molecule has 0 aliphatic heterocycles. The number of fused-ring (bicyclic) bond motifs is 2. The van der Waals surface area contributed by atoms with Crippen molar-refractivity contribution in [1.82, 2.24) is 20.0 Å². The van der Waals surface area contributed by atoms with Crippen molar-refractivity contribution in [2.75, 3.05) is 20.8 Å². The highest BCUT2D eigenvalue weighted by Crippen LogP contribution is 2.29. The van der Waals surface area contributed by atoms with E-state index in [1.54, 1.807) is 0 Å². The Hall–Kier alpha value is -3.63. The van der Waals surface area contributed by atoms with Crippen LogP contribution >= 0.6 is 0 Å². The van der Waals surface area contributed by atoms with Crippen LogP contribution in [0.15, 0.2) is 21.7 Å². The first kappa shape index (κ1) is 20.1. The van der Waals surface area contributed by atoms with Gasteiger partial charge in [-0.3, -0.25) is 9.59 Å². The molecule has 0 aliphatic carbocycles. The number of nitrogens with one attached hydrogen (secondary N) is 1. The van der Waals surface area contributed by atoms with Gasteiger partial charge in [0.2, 0.25) is 12.2 Å². The lowest BCUT2D eigenvalue weighted by atomic mass is 10.2. The van der Waals surface area contributed by atoms with Crippen LogP contribution in [-0.2, 0) is 16.2 Å². The third kappa shape index (κ3) is 4.13. The highest BCUT2D eigenvalue weighted by atomic mass is 16.7. The molecular weight excluding hydrogens is 384 g/mol. The van der Waals surface area contributed by atoms with Crippen molar-refractivity contribution in [3.8, 4) is 11.5 Å². The van der Waals surface area contributed by atoms with Crippen molar-refractivity contribution in [1.29, 1.82) is 0 Å². The molecule has 0 radical (unpaired) electrons. The van der Waals surface area contributed by atoms with Gasteiger partial charge in [0.15, 0.2) is 22.5 Å². The van der Waals surface area contributed by atoms with Crippen LogP contribution in [0.2, 0.25) is 0 Å². The lowest BCUT2D eigenvalue weighted by Gasteiger charge is -2.07. The summed E-state index contributed by atoms with van der Waals surface area (Å²) in [7, 11) is 2.87. The molecule has 2 heterocycles. The normalized spacial score (nSPS) is 11.1. The molecule has 154 valence electrons. The fraction of sp³-hybridized carbons (Fsp3) is 0.389. The topological polar surface area (TPSA) is 135 Å². The summed E-state index contributed by atoms with van der Waals surface area (Å²) in [6.07, 6.45) is -0.899. The standard InChI is InChI=1S/C18H20N4O7/c1-9(2)7-28-18(25)29-8-22-20-14-15(21-22)17(24)19-11-6-13(27-4)12(26-3)5-10(11)16(14)23/h5-6,9H,7-8H2,1-4H3,(H,19,24).